The molecule has 0 bridgehead atoms. The summed E-state index contributed by atoms with van der Waals surface area (Å²) in [5, 5.41) is 27.0. The van der Waals surface area contributed by atoms with Gasteiger partial charge in [0.15, 0.2) is 0 Å². The number of carbonyl (C=O) groups excluding carboxylic acids is 1. The van der Waals surface area contributed by atoms with Crippen molar-refractivity contribution in [3.63, 3.8) is 0 Å². The largest absolute Gasteiger partial charge is 0.391 e. The number of carbonyl (C=O) groups is 1. The van der Waals surface area contributed by atoms with Gasteiger partial charge in [0.2, 0.25) is 0 Å². The number of alkyl halides is 3. The number of β-amino-alcohol motifs (C(OH)–C–C–N with tert-alkyl or cyclic N) is 1. The van der Waals surface area contributed by atoms with Gasteiger partial charge in [-0.05, 0) is 51.0 Å². The number of benzene rings is 1. The Bertz CT molecular complexity index is 856. The van der Waals surface area contributed by atoms with Crippen LogP contribution in [0.1, 0.15) is 49.4 Å². The number of amides is 1. The molecular formula is C21H29F3N4O4. The molecule has 1 saturated carbocycles. The highest BCUT2D eigenvalue weighted by Crippen LogP contribution is 2.40. The van der Waals surface area contributed by atoms with Gasteiger partial charge >= 0.3 is 6.18 Å². The Kier molecular flexibility index (Phi) is 7.16. The molecule has 0 spiro atoms. The third-order valence-corrected chi connectivity index (χ3v) is 6.63. The maximum Gasteiger partial charge on any atom is 0.391 e. The molecule has 3 rings (SSSR count). The molecule has 1 aromatic rings. The average Bonchev–Trinajstić information content (AvgIpc) is 3.18. The van der Waals surface area contributed by atoms with E-state index in [-0.39, 0.29) is 41.7 Å². The Morgan fingerprint density at radius 1 is 1.25 bits per heavy atom. The summed E-state index contributed by atoms with van der Waals surface area (Å²) in [5.41, 5.74) is 0.587. The number of halogens is 3. The van der Waals surface area contributed by atoms with Gasteiger partial charge in [-0.2, -0.15) is 13.2 Å². The average molecular weight is 458 g/mol. The summed E-state index contributed by atoms with van der Waals surface area (Å²) in [6, 6.07) is 2.37. The second kappa shape index (κ2) is 9.51. The Morgan fingerprint density at radius 3 is 2.41 bits per heavy atom. The van der Waals surface area contributed by atoms with Crippen molar-refractivity contribution < 1.29 is 28.0 Å². The van der Waals surface area contributed by atoms with Crippen LogP contribution in [-0.4, -0.2) is 54.4 Å². The van der Waals surface area contributed by atoms with Gasteiger partial charge < -0.3 is 20.6 Å². The Balaban J connectivity index is 1.80. The topological polar surface area (TPSA) is 108 Å². The quantitative estimate of drug-likeness (QED) is 0.443. The fourth-order valence-corrected chi connectivity index (χ4v) is 4.68. The summed E-state index contributed by atoms with van der Waals surface area (Å²) in [7, 11) is 1.55. The summed E-state index contributed by atoms with van der Waals surface area (Å²) >= 11 is 0. The van der Waals surface area contributed by atoms with Gasteiger partial charge in [-0.3, -0.25) is 14.9 Å². The van der Waals surface area contributed by atoms with Crippen molar-refractivity contribution in [3.05, 3.63) is 27.8 Å². The number of hydrogen-bond acceptors (Lipinski definition) is 6. The van der Waals surface area contributed by atoms with Crippen LogP contribution in [-0.2, 0) is 0 Å². The number of nitrogens with zero attached hydrogens (tertiary/aromatic N) is 2. The van der Waals surface area contributed by atoms with Crippen LogP contribution >= 0.6 is 0 Å². The first-order chi connectivity index (χ1) is 15.0. The smallest absolute Gasteiger partial charge is 0.391 e. The maximum atomic E-state index is 13.1. The van der Waals surface area contributed by atoms with E-state index in [1.807, 2.05) is 4.90 Å². The zero-order valence-corrected chi connectivity index (χ0v) is 18.1. The lowest BCUT2D eigenvalue weighted by molar-refractivity contribution is -0.383. The molecule has 2 aliphatic rings. The number of rotatable bonds is 6. The molecule has 8 nitrogen and oxygen atoms in total. The predicted octanol–water partition coefficient (Wildman–Crippen LogP) is 3.69. The van der Waals surface area contributed by atoms with Crippen LogP contribution in [0.3, 0.4) is 0 Å². The summed E-state index contributed by atoms with van der Waals surface area (Å²) in [5.74, 6) is -1.91. The zero-order valence-electron chi connectivity index (χ0n) is 18.1. The number of hydrogen-bond donors (Lipinski definition) is 3. The minimum Gasteiger partial charge on any atom is -0.391 e. The van der Waals surface area contributed by atoms with Gasteiger partial charge in [0.25, 0.3) is 11.6 Å². The number of aliphatic hydroxyl groups is 1. The maximum absolute atomic E-state index is 13.1. The Hall–Kier alpha value is -2.56. The second-order valence-corrected chi connectivity index (χ2v) is 8.70. The third kappa shape index (κ3) is 5.25. The molecule has 1 aliphatic heterocycles. The lowest BCUT2D eigenvalue weighted by Crippen LogP contribution is -2.41. The molecular weight excluding hydrogens is 429 g/mol. The summed E-state index contributed by atoms with van der Waals surface area (Å²) in [6.45, 7) is 2.56. The van der Waals surface area contributed by atoms with E-state index in [9.17, 15) is 33.2 Å². The van der Waals surface area contributed by atoms with Crippen molar-refractivity contribution in [1.82, 2.24) is 5.32 Å². The van der Waals surface area contributed by atoms with Gasteiger partial charge in [-0.15, -0.1) is 0 Å². The molecule has 0 aromatic heterocycles. The molecule has 11 heteroatoms. The minimum absolute atomic E-state index is 0.0353. The first-order valence-corrected chi connectivity index (χ1v) is 10.8. The van der Waals surface area contributed by atoms with Crippen LogP contribution in [0.15, 0.2) is 12.1 Å². The van der Waals surface area contributed by atoms with Crippen molar-refractivity contribution in [1.29, 1.82) is 0 Å². The molecule has 2 atom stereocenters. The van der Waals surface area contributed by atoms with Crippen LogP contribution in [0.25, 0.3) is 0 Å². The SMILES string of the molecule is CNc1cc(N2CCC(O)C2)c(C(=O)N[C@H](C)C2CCC(C(F)(F)F)CC2)cc1[N+](=O)[O-]. The lowest BCUT2D eigenvalue weighted by Gasteiger charge is -2.33. The molecule has 1 unspecified atom stereocenters. The number of nitro groups is 1. The molecule has 0 radical (unpaired) electrons. The normalized spacial score (nSPS) is 24.8. The van der Waals surface area contributed by atoms with Gasteiger partial charge in [0, 0.05) is 32.2 Å². The van der Waals surface area contributed by atoms with Crippen molar-refractivity contribution in [2.45, 2.75) is 57.3 Å². The van der Waals surface area contributed by atoms with E-state index in [1.165, 1.54) is 12.1 Å². The molecule has 32 heavy (non-hydrogen) atoms. The van der Waals surface area contributed by atoms with Gasteiger partial charge in [0.05, 0.1) is 28.2 Å². The highest BCUT2D eigenvalue weighted by atomic mass is 19.4. The van der Waals surface area contributed by atoms with Crippen molar-refractivity contribution in [2.75, 3.05) is 30.4 Å². The van der Waals surface area contributed by atoms with E-state index in [4.69, 9.17) is 0 Å². The van der Waals surface area contributed by atoms with E-state index < -0.39 is 29.0 Å². The zero-order chi connectivity index (χ0) is 23.6. The van der Waals surface area contributed by atoms with E-state index in [2.05, 4.69) is 10.6 Å². The number of aliphatic hydroxyl groups excluding tert-OH is 1. The van der Waals surface area contributed by atoms with Gasteiger partial charge in [0.1, 0.15) is 5.69 Å². The number of nitro benzene ring substituents is 1. The van der Waals surface area contributed by atoms with E-state index >= 15 is 0 Å². The monoisotopic (exact) mass is 458 g/mol. The molecule has 1 amide bonds. The lowest BCUT2D eigenvalue weighted by atomic mass is 9.78. The molecule has 1 heterocycles. The molecule has 1 saturated heterocycles. The predicted molar refractivity (Wildman–Crippen MR) is 114 cm³/mol. The van der Waals surface area contributed by atoms with Crippen molar-refractivity contribution in [2.24, 2.45) is 11.8 Å². The highest BCUT2D eigenvalue weighted by Gasteiger charge is 2.42. The van der Waals surface area contributed by atoms with E-state index in [1.54, 1.807) is 14.0 Å². The summed E-state index contributed by atoms with van der Waals surface area (Å²) in [6.07, 6.45) is -3.44. The summed E-state index contributed by atoms with van der Waals surface area (Å²) in [4.78, 5) is 25.9. The summed E-state index contributed by atoms with van der Waals surface area (Å²) < 4.78 is 38.8. The first kappa shape index (κ1) is 24.1. The Morgan fingerprint density at radius 2 is 1.91 bits per heavy atom. The minimum atomic E-state index is -4.19. The second-order valence-electron chi connectivity index (χ2n) is 8.70. The van der Waals surface area contributed by atoms with Crippen LogP contribution in [0.2, 0.25) is 0 Å². The fraction of sp³-hybridized carbons (Fsp3) is 0.667. The molecule has 2 fully saturated rings. The molecule has 1 aliphatic carbocycles. The number of anilines is 2. The standard InChI is InChI=1S/C21H29F3N4O4/c1-12(13-3-5-14(6-4-13)21(22,23)24)26-20(30)16-9-19(28(31)32)17(25-2)10-18(16)27-8-7-15(29)11-27/h9-10,12-15,25,29H,3-8,11H2,1-2H3,(H,26,30)/t12-,13?,14?,15?/m1/s1. The fourth-order valence-electron chi connectivity index (χ4n) is 4.68. The van der Waals surface area contributed by atoms with E-state index in [0.29, 0.717) is 38.0 Å². The van der Waals surface area contributed by atoms with Crippen molar-refractivity contribution >= 4 is 23.0 Å². The molecule has 3 N–H and O–H groups in total. The van der Waals surface area contributed by atoms with Gasteiger partial charge in [-0.1, -0.05) is 0 Å². The van der Waals surface area contributed by atoms with Crippen LogP contribution in [0.4, 0.5) is 30.2 Å². The van der Waals surface area contributed by atoms with Crippen LogP contribution in [0, 0.1) is 22.0 Å². The van der Waals surface area contributed by atoms with Gasteiger partial charge in [-0.25, -0.2) is 0 Å². The van der Waals surface area contributed by atoms with Crippen molar-refractivity contribution in [3.8, 4) is 0 Å². The van der Waals surface area contributed by atoms with Crippen LogP contribution < -0.4 is 15.5 Å². The van der Waals surface area contributed by atoms with Crippen LogP contribution in [0.5, 0.6) is 0 Å². The Labute approximate surface area is 184 Å². The van der Waals surface area contributed by atoms with E-state index in [0.717, 1.165) is 0 Å². The highest BCUT2D eigenvalue weighted by molar-refractivity contribution is 6.02. The number of nitrogens with one attached hydrogen (secondary N) is 2. The third-order valence-electron chi connectivity index (χ3n) is 6.63. The first-order valence-electron chi connectivity index (χ1n) is 10.8. The molecule has 178 valence electrons. The molecule has 1 aromatic carbocycles.